The molecule has 0 aliphatic heterocycles. The van der Waals surface area contributed by atoms with Crippen molar-refractivity contribution in [3.05, 3.63) is 71.8 Å². The Labute approximate surface area is 257 Å². The topological polar surface area (TPSA) is 44.8 Å². The monoisotopic (exact) mass is 577 g/mol. The van der Waals surface area contributed by atoms with Crippen molar-refractivity contribution in [3.63, 3.8) is 0 Å². The molecule has 2 aromatic rings. The third-order valence-corrected chi connectivity index (χ3v) is 7.48. The van der Waals surface area contributed by atoms with E-state index in [1.54, 1.807) is 0 Å². The first-order chi connectivity index (χ1) is 19.9. The quantitative estimate of drug-likeness (QED) is 0.170. The fourth-order valence-electron chi connectivity index (χ4n) is 4.93. The first-order valence-corrected chi connectivity index (χ1v) is 16.1. The van der Waals surface area contributed by atoms with Gasteiger partial charge in [0.15, 0.2) is 0 Å². The maximum Gasteiger partial charge on any atom is 0.237 e. The molecule has 42 heavy (non-hydrogen) atoms. The van der Waals surface area contributed by atoms with Crippen LogP contribution in [0.5, 0.6) is 5.75 Å². The van der Waals surface area contributed by atoms with Gasteiger partial charge in [-0.3, -0.25) is 9.69 Å². The summed E-state index contributed by atoms with van der Waals surface area (Å²) in [5.74, 6) is 2.70. The summed E-state index contributed by atoms with van der Waals surface area (Å²) in [7, 11) is 0. The zero-order chi connectivity index (χ0) is 31.1. The van der Waals surface area contributed by atoms with Crippen LogP contribution in [-0.2, 0) is 11.4 Å². The molecule has 1 N–H and O–H groups in total. The maximum absolute atomic E-state index is 13.8. The number of nitrogens with one attached hydrogen (secondary N) is 1. The van der Waals surface area contributed by atoms with Crippen molar-refractivity contribution >= 4 is 11.6 Å². The van der Waals surface area contributed by atoms with Gasteiger partial charge in [-0.15, -0.1) is 0 Å². The lowest BCUT2D eigenvalue weighted by Crippen LogP contribution is -2.52. The number of ether oxygens (including phenoxy) is 1. The van der Waals surface area contributed by atoms with Crippen molar-refractivity contribution < 1.29 is 9.53 Å². The summed E-state index contributed by atoms with van der Waals surface area (Å²) < 4.78 is 6.02. The average molecular weight is 578 g/mol. The van der Waals surface area contributed by atoms with Crippen LogP contribution in [0, 0.1) is 17.8 Å². The van der Waals surface area contributed by atoms with E-state index in [4.69, 9.17) is 4.74 Å². The molecule has 0 unspecified atom stereocenters. The van der Waals surface area contributed by atoms with Crippen molar-refractivity contribution in [1.82, 2.24) is 10.2 Å². The summed E-state index contributed by atoms with van der Waals surface area (Å²) in [6.07, 6.45) is 5.34. The van der Waals surface area contributed by atoms with Crippen LogP contribution in [0.1, 0.15) is 87.1 Å². The normalized spacial score (nSPS) is 13.0. The second-order valence-electron chi connectivity index (χ2n) is 13.4. The second-order valence-corrected chi connectivity index (χ2v) is 13.4. The van der Waals surface area contributed by atoms with Crippen LogP contribution in [0.4, 0.5) is 5.69 Å². The van der Waals surface area contributed by atoms with Gasteiger partial charge < -0.3 is 15.0 Å². The number of carbonyl (C=O) groups is 1. The lowest BCUT2D eigenvalue weighted by atomic mass is 9.99. The van der Waals surface area contributed by atoms with E-state index in [1.807, 2.05) is 30.3 Å². The first-order valence-electron chi connectivity index (χ1n) is 16.1. The SMILES string of the molecule is CC(C)=CCN(C[C@H](C)NC(=O)[C@H](CC(C)C)N(CCC(C)C)CCC(C)C)c1ccc(OCc2ccccc2)cc1. The van der Waals surface area contributed by atoms with E-state index in [0.717, 1.165) is 62.4 Å². The summed E-state index contributed by atoms with van der Waals surface area (Å²) in [4.78, 5) is 18.6. The highest BCUT2D eigenvalue weighted by atomic mass is 16.5. The molecule has 0 saturated carbocycles. The Morgan fingerprint density at radius 3 is 1.95 bits per heavy atom. The summed E-state index contributed by atoms with van der Waals surface area (Å²) in [6.45, 7) is 23.9. The molecule has 1 amide bonds. The predicted molar refractivity (Wildman–Crippen MR) is 180 cm³/mol. The highest BCUT2D eigenvalue weighted by Crippen LogP contribution is 2.22. The highest BCUT2D eigenvalue weighted by Gasteiger charge is 2.28. The molecule has 0 heterocycles. The second kappa shape index (κ2) is 18.7. The minimum absolute atomic E-state index is 0.00350. The van der Waals surface area contributed by atoms with Crippen molar-refractivity contribution in [1.29, 1.82) is 0 Å². The number of rotatable bonds is 19. The Morgan fingerprint density at radius 1 is 0.833 bits per heavy atom. The van der Waals surface area contributed by atoms with Gasteiger partial charge in [-0.1, -0.05) is 83.5 Å². The Morgan fingerprint density at radius 2 is 1.43 bits per heavy atom. The van der Waals surface area contributed by atoms with Crippen LogP contribution in [0.15, 0.2) is 66.2 Å². The largest absolute Gasteiger partial charge is 0.489 e. The van der Waals surface area contributed by atoms with Crippen LogP contribution >= 0.6 is 0 Å². The van der Waals surface area contributed by atoms with Gasteiger partial charge in [0.25, 0.3) is 0 Å². The Kier molecular flexibility index (Phi) is 15.8. The maximum atomic E-state index is 13.8. The van der Waals surface area contributed by atoms with E-state index in [-0.39, 0.29) is 18.0 Å². The minimum atomic E-state index is -0.0998. The Bertz CT molecular complexity index is 1030. The van der Waals surface area contributed by atoms with Gasteiger partial charge in [0.1, 0.15) is 12.4 Å². The summed E-state index contributed by atoms with van der Waals surface area (Å²) in [5.41, 5.74) is 3.55. The number of anilines is 1. The molecule has 0 bridgehead atoms. The van der Waals surface area contributed by atoms with E-state index < -0.39 is 0 Å². The average Bonchev–Trinajstić information content (AvgIpc) is 2.93. The fraction of sp³-hybridized carbons (Fsp3) is 0.595. The molecule has 2 rings (SSSR count). The molecule has 234 valence electrons. The van der Waals surface area contributed by atoms with Crippen molar-refractivity contribution in [2.75, 3.05) is 31.1 Å². The predicted octanol–water partition coefficient (Wildman–Crippen LogP) is 8.35. The van der Waals surface area contributed by atoms with E-state index in [9.17, 15) is 4.79 Å². The third-order valence-electron chi connectivity index (χ3n) is 7.48. The highest BCUT2D eigenvalue weighted by molar-refractivity contribution is 5.82. The molecule has 5 heteroatoms. The number of amides is 1. The molecular weight excluding hydrogens is 518 g/mol. The lowest BCUT2D eigenvalue weighted by Gasteiger charge is -2.34. The molecule has 0 aromatic heterocycles. The van der Waals surface area contributed by atoms with Crippen LogP contribution in [-0.4, -0.2) is 49.1 Å². The number of hydrogen-bond acceptors (Lipinski definition) is 4. The van der Waals surface area contributed by atoms with Crippen molar-refractivity contribution in [3.8, 4) is 5.75 Å². The van der Waals surface area contributed by atoms with Gasteiger partial charge in [0.05, 0.1) is 6.04 Å². The van der Waals surface area contributed by atoms with Crippen LogP contribution < -0.4 is 15.0 Å². The molecular formula is C37H59N3O2. The van der Waals surface area contributed by atoms with Gasteiger partial charge in [-0.2, -0.15) is 0 Å². The number of benzene rings is 2. The van der Waals surface area contributed by atoms with E-state index in [2.05, 4.69) is 108 Å². The molecule has 0 radical (unpaired) electrons. The molecule has 0 aliphatic rings. The molecule has 0 saturated heterocycles. The molecule has 0 spiro atoms. The van der Waals surface area contributed by atoms with Gasteiger partial charge in [-0.05, 0) is 101 Å². The summed E-state index contributed by atoms with van der Waals surface area (Å²) >= 11 is 0. The first kappa shape index (κ1) is 35.4. The summed E-state index contributed by atoms with van der Waals surface area (Å²) in [6, 6.07) is 18.4. The molecule has 5 nitrogen and oxygen atoms in total. The number of allylic oxidation sites excluding steroid dienone is 1. The van der Waals surface area contributed by atoms with Crippen molar-refractivity contribution in [2.45, 2.75) is 100 Å². The van der Waals surface area contributed by atoms with E-state index in [1.165, 1.54) is 5.57 Å². The van der Waals surface area contributed by atoms with Crippen LogP contribution in [0.2, 0.25) is 0 Å². The van der Waals surface area contributed by atoms with Crippen LogP contribution in [0.3, 0.4) is 0 Å². The van der Waals surface area contributed by atoms with Gasteiger partial charge in [0.2, 0.25) is 5.91 Å². The Hall–Kier alpha value is -2.79. The molecule has 0 fully saturated rings. The Balaban J connectivity index is 2.13. The lowest BCUT2D eigenvalue weighted by molar-refractivity contribution is -0.127. The molecule has 0 aliphatic carbocycles. The van der Waals surface area contributed by atoms with Crippen LogP contribution in [0.25, 0.3) is 0 Å². The smallest absolute Gasteiger partial charge is 0.237 e. The van der Waals surface area contributed by atoms with Gasteiger partial charge >= 0.3 is 0 Å². The fourth-order valence-corrected chi connectivity index (χ4v) is 4.93. The number of hydrogen-bond donors (Lipinski definition) is 1. The number of nitrogens with zero attached hydrogens (tertiary/aromatic N) is 2. The molecule has 2 atom stereocenters. The molecule has 2 aromatic carbocycles. The van der Waals surface area contributed by atoms with E-state index in [0.29, 0.717) is 24.4 Å². The zero-order valence-corrected chi connectivity index (χ0v) is 28.0. The van der Waals surface area contributed by atoms with Gasteiger partial charge in [-0.25, -0.2) is 0 Å². The van der Waals surface area contributed by atoms with Crippen molar-refractivity contribution in [2.24, 2.45) is 17.8 Å². The minimum Gasteiger partial charge on any atom is -0.489 e. The van der Waals surface area contributed by atoms with Gasteiger partial charge in [0, 0.05) is 24.8 Å². The standard InChI is InChI=1S/C37H59N3O2/c1-28(2)19-22-39(23-20-29(3)4)36(25-31(7)8)37(41)38-32(9)26-40(24-21-30(5)6)34-15-17-35(18-16-34)42-27-33-13-11-10-12-14-33/h10-18,21,28-29,31-32,36H,19-20,22-27H2,1-9H3,(H,38,41)/t32-,36-/m0/s1. The zero-order valence-electron chi connectivity index (χ0n) is 28.0. The number of carbonyl (C=O) groups excluding carboxylic acids is 1. The summed E-state index contributed by atoms with van der Waals surface area (Å²) in [5, 5.41) is 3.41. The third kappa shape index (κ3) is 13.9. The van der Waals surface area contributed by atoms with E-state index >= 15 is 0 Å².